The number of halogens is 3. The van der Waals surface area contributed by atoms with Crippen LogP contribution in [0.1, 0.15) is 13.3 Å². The Morgan fingerprint density at radius 1 is 1.44 bits per heavy atom. The molecule has 108 valence electrons. The summed E-state index contributed by atoms with van der Waals surface area (Å²) in [4.78, 5) is 8.90. The van der Waals surface area contributed by atoms with E-state index in [-0.39, 0.29) is 6.04 Å². The highest BCUT2D eigenvalue weighted by atomic mass is 32.2. The molecule has 3 N–H and O–H groups in total. The van der Waals surface area contributed by atoms with Crippen molar-refractivity contribution in [3.05, 3.63) is 0 Å². The Morgan fingerprint density at radius 2 is 1.89 bits per heavy atom. The van der Waals surface area contributed by atoms with E-state index < -0.39 is 22.2 Å². The predicted octanol–water partition coefficient (Wildman–Crippen LogP) is -0.0807. The lowest BCUT2D eigenvalue weighted by atomic mass is 10.2. The minimum Gasteiger partial charge on any atom is -0.475 e. The molecule has 0 aromatic heterocycles. The molecule has 10 heteroatoms. The zero-order valence-electron chi connectivity index (χ0n) is 9.78. The lowest BCUT2D eigenvalue weighted by Crippen LogP contribution is -2.35. The molecule has 18 heavy (non-hydrogen) atoms. The third-order valence-electron chi connectivity index (χ3n) is 1.97. The quantitative estimate of drug-likeness (QED) is 0.661. The average molecular weight is 292 g/mol. The van der Waals surface area contributed by atoms with Gasteiger partial charge in [-0.25, -0.2) is 17.9 Å². The van der Waals surface area contributed by atoms with Gasteiger partial charge in [-0.1, -0.05) is 0 Å². The second-order valence-corrected chi connectivity index (χ2v) is 5.71. The fraction of sp³-hybridized carbons (Fsp3) is 0.875. The van der Waals surface area contributed by atoms with Crippen molar-refractivity contribution >= 4 is 16.0 Å². The standard InChI is InChI=1S/C6H14N2O2S.C2HF3O2/c1-5-3-6(4-7-5)8-11(2,9)10;3-2(4,5)1(6)7/h5-8H,3-4H2,1-2H3;(H,6,7)/t5-,6-;/m0./s1. The Balaban J connectivity index is 0.000000360. The van der Waals surface area contributed by atoms with Crippen LogP contribution in [0.25, 0.3) is 0 Å². The Hall–Kier alpha value is -0.870. The molecule has 0 saturated carbocycles. The van der Waals surface area contributed by atoms with Gasteiger partial charge in [0.2, 0.25) is 10.0 Å². The smallest absolute Gasteiger partial charge is 0.475 e. The van der Waals surface area contributed by atoms with Crippen LogP contribution in [0.5, 0.6) is 0 Å². The summed E-state index contributed by atoms with van der Waals surface area (Å²) in [7, 11) is -3.02. The monoisotopic (exact) mass is 292 g/mol. The molecule has 0 radical (unpaired) electrons. The number of aliphatic carboxylic acids is 1. The van der Waals surface area contributed by atoms with Crippen LogP contribution in [-0.2, 0) is 14.8 Å². The number of carbonyl (C=O) groups is 1. The highest BCUT2D eigenvalue weighted by molar-refractivity contribution is 7.88. The highest BCUT2D eigenvalue weighted by Crippen LogP contribution is 2.13. The van der Waals surface area contributed by atoms with Crippen LogP contribution in [0.15, 0.2) is 0 Å². The normalized spacial score (nSPS) is 24.3. The zero-order chi connectivity index (χ0) is 14.6. The molecule has 1 heterocycles. The molecular weight excluding hydrogens is 277 g/mol. The molecule has 0 aromatic carbocycles. The van der Waals surface area contributed by atoms with Crippen LogP contribution in [-0.4, -0.2) is 50.6 Å². The van der Waals surface area contributed by atoms with Gasteiger partial charge in [0.25, 0.3) is 0 Å². The van der Waals surface area contributed by atoms with E-state index in [4.69, 9.17) is 9.90 Å². The molecule has 0 aromatic rings. The van der Waals surface area contributed by atoms with Gasteiger partial charge in [0, 0.05) is 18.6 Å². The van der Waals surface area contributed by atoms with Crippen molar-refractivity contribution in [3.63, 3.8) is 0 Å². The van der Waals surface area contributed by atoms with Crippen molar-refractivity contribution in [3.8, 4) is 0 Å². The van der Waals surface area contributed by atoms with Gasteiger partial charge in [-0.3, -0.25) is 0 Å². The summed E-state index contributed by atoms with van der Waals surface area (Å²) in [5.41, 5.74) is 0. The van der Waals surface area contributed by atoms with Gasteiger partial charge in [0.05, 0.1) is 6.26 Å². The van der Waals surface area contributed by atoms with Crippen molar-refractivity contribution in [2.45, 2.75) is 31.6 Å². The van der Waals surface area contributed by atoms with E-state index >= 15 is 0 Å². The van der Waals surface area contributed by atoms with Gasteiger partial charge in [0.1, 0.15) is 0 Å². The molecule has 0 unspecified atom stereocenters. The topological polar surface area (TPSA) is 95.5 Å². The third-order valence-corrected chi connectivity index (χ3v) is 2.74. The highest BCUT2D eigenvalue weighted by Gasteiger charge is 2.38. The summed E-state index contributed by atoms with van der Waals surface area (Å²) >= 11 is 0. The van der Waals surface area contributed by atoms with Crippen LogP contribution in [0.3, 0.4) is 0 Å². The number of hydrogen-bond acceptors (Lipinski definition) is 4. The van der Waals surface area contributed by atoms with Gasteiger partial charge in [-0.15, -0.1) is 0 Å². The summed E-state index contributed by atoms with van der Waals surface area (Å²) < 4.78 is 55.8. The van der Waals surface area contributed by atoms with Crippen LogP contribution < -0.4 is 10.0 Å². The molecule has 0 amide bonds. The summed E-state index contributed by atoms with van der Waals surface area (Å²) in [5, 5.41) is 10.3. The minimum absolute atomic E-state index is 0.0833. The molecule has 0 aliphatic carbocycles. The molecule has 1 saturated heterocycles. The number of alkyl halides is 3. The fourth-order valence-electron chi connectivity index (χ4n) is 1.33. The van der Waals surface area contributed by atoms with Gasteiger partial charge in [0.15, 0.2) is 0 Å². The number of carboxylic acid groups (broad SMARTS) is 1. The second kappa shape index (κ2) is 6.34. The Labute approximate surface area is 103 Å². The molecule has 1 rings (SSSR count). The van der Waals surface area contributed by atoms with E-state index in [1.807, 2.05) is 6.92 Å². The van der Waals surface area contributed by atoms with Crippen LogP contribution >= 0.6 is 0 Å². The van der Waals surface area contributed by atoms with Crippen molar-refractivity contribution in [2.75, 3.05) is 12.8 Å². The average Bonchev–Trinajstić information content (AvgIpc) is 2.47. The van der Waals surface area contributed by atoms with E-state index in [0.717, 1.165) is 13.0 Å². The summed E-state index contributed by atoms with van der Waals surface area (Å²) in [6, 6.07) is 0.509. The largest absolute Gasteiger partial charge is 0.490 e. The number of nitrogens with one attached hydrogen (secondary N) is 2. The number of hydrogen-bond donors (Lipinski definition) is 3. The van der Waals surface area contributed by atoms with Crippen molar-refractivity contribution < 1.29 is 31.5 Å². The van der Waals surface area contributed by atoms with Gasteiger partial charge in [-0.2, -0.15) is 13.2 Å². The summed E-state index contributed by atoms with van der Waals surface area (Å²) in [6.07, 6.45) is -3.01. The first kappa shape index (κ1) is 17.1. The Kier molecular flexibility index (Phi) is 6.04. The maximum Gasteiger partial charge on any atom is 0.490 e. The minimum atomic E-state index is -5.08. The van der Waals surface area contributed by atoms with Crippen molar-refractivity contribution in [2.24, 2.45) is 0 Å². The van der Waals surface area contributed by atoms with Crippen LogP contribution in [0, 0.1) is 0 Å². The second-order valence-electron chi connectivity index (χ2n) is 3.93. The number of rotatable bonds is 2. The maximum absolute atomic E-state index is 10.8. The Bertz CT molecular complexity index is 382. The molecule has 2 atom stereocenters. The first-order chi connectivity index (χ1) is 7.92. The summed E-state index contributed by atoms with van der Waals surface area (Å²) in [5.74, 6) is -2.76. The molecule has 1 fully saturated rings. The van der Waals surface area contributed by atoms with Crippen molar-refractivity contribution in [1.82, 2.24) is 10.0 Å². The van der Waals surface area contributed by atoms with E-state index in [2.05, 4.69) is 10.0 Å². The van der Waals surface area contributed by atoms with E-state index in [0.29, 0.717) is 6.04 Å². The first-order valence-electron chi connectivity index (χ1n) is 4.92. The maximum atomic E-state index is 10.8. The number of carboxylic acids is 1. The van der Waals surface area contributed by atoms with E-state index in [1.165, 1.54) is 6.26 Å². The molecule has 0 spiro atoms. The summed E-state index contributed by atoms with van der Waals surface area (Å²) in [6.45, 7) is 2.79. The third kappa shape index (κ3) is 8.25. The van der Waals surface area contributed by atoms with E-state index in [1.54, 1.807) is 0 Å². The lowest BCUT2D eigenvalue weighted by molar-refractivity contribution is -0.192. The number of sulfonamides is 1. The SMILES string of the molecule is C[C@H]1C[C@H](NS(C)(=O)=O)CN1.O=C(O)C(F)(F)F. The predicted molar refractivity (Wildman–Crippen MR) is 57.5 cm³/mol. The molecule has 1 aliphatic heterocycles. The fourth-order valence-corrected chi connectivity index (χ4v) is 2.11. The molecule has 1 aliphatic rings. The first-order valence-corrected chi connectivity index (χ1v) is 6.81. The van der Waals surface area contributed by atoms with Crippen molar-refractivity contribution in [1.29, 1.82) is 0 Å². The van der Waals surface area contributed by atoms with Crippen LogP contribution in [0.4, 0.5) is 13.2 Å². The molecule has 0 bridgehead atoms. The molecule has 6 nitrogen and oxygen atoms in total. The molecular formula is C8H15F3N2O4S. The van der Waals surface area contributed by atoms with Crippen LogP contribution in [0.2, 0.25) is 0 Å². The van der Waals surface area contributed by atoms with Gasteiger partial charge in [-0.05, 0) is 13.3 Å². The Morgan fingerprint density at radius 3 is 2.11 bits per heavy atom. The van der Waals surface area contributed by atoms with Gasteiger partial charge < -0.3 is 10.4 Å². The van der Waals surface area contributed by atoms with Gasteiger partial charge >= 0.3 is 12.1 Å². The lowest BCUT2D eigenvalue weighted by Gasteiger charge is -2.07. The zero-order valence-corrected chi connectivity index (χ0v) is 10.6. The van der Waals surface area contributed by atoms with E-state index in [9.17, 15) is 21.6 Å².